The Bertz CT molecular complexity index is 609. The maximum atomic E-state index is 12.7. The summed E-state index contributed by atoms with van der Waals surface area (Å²) in [6.45, 7) is 5.93. The Morgan fingerprint density at radius 1 is 1.12 bits per heavy atom. The van der Waals surface area contributed by atoms with Gasteiger partial charge in [0.05, 0.1) is 13.5 Å². The third-order valence-electron chi connectivity index (χ3n) is 5.06. The molecule has 132 valence electrons. The van der Waals surface area contributed by atoms with E-state index in [0.717, 1.165) is 41.5 Å². The van der Waals surface area contributed by atoms with E-state index in [1.54, 1.807) is 0 Å². The molecule has 1 amide bonds. The average Bonchev–Trinajstić information content (AvgIpc) is 2.56. The Morgan fingerprint density at radius 3 is 2.17 bits per heavy atom. The van der Waals surface area contributed by atoms with Gasteiger partial charge < -0.3 is 4.74 Å². The highest BCUT2D eigenvalue weighted by atomic mass is 16.6. The second-order valence-electron chi connectivity index (χ2n) is 6.84. The van der Waals surface area contributed by atoms with E-state index in [1.807, 2.05) is 32.9 Å². The van der Waals surface area contributed by atoms with Crippen molar-refractivity contribution in [2.45, 2.75) is 64.8 Å². The molecule has 0 atom stereocenters. The topological polar surface area (TPSA) is 66.8 Å². The van der Waals surface area contributed by atoms with Crippen molar-refractivity contribution in [1.29, 1.82) is 0 Å². The van der Waals surface area contributed by atoms with Gasteiger partial charge in [-0.05, 0) is 50.3 Å². The van der Waals surface area contributed by atoms with Gasteiger partial charge in [0.2, 0.25) is 0 Å². The van der Waals surface area contributed by atoms with E-state index < -0.39 is 17.4 Å². The number of carbonyl (C=O) groups is 2. The maximum absolute atomic E-state index is 12.7. The summed E-state index contributed by atoms with van der Waals surface area (Å²) in [5.41, 5.74) is 2.84. The molecule has 1 aromatic carbocycles. The van der Waals surface area contributed by atoms with Crippen LogP contribution < -0.4 is 0 Å². The van der Waals surface area contributed by atoms with Crippen molar-refractivity contribution in [3.63, 3.8) is 0 Å². The lowest BCUT2D eigenvalue weighted by Crippen LogP contribution is -2.57. The van der Waals surface area contributed by atoms with Gasteiger partial charge in [0.15, 0.2) is 5.54 Å². The van der Waals surface area contributed by atoms with Crippen molar-refractivity contribution < 1.29 is 19.5 Å². The number of amides is 1. The van der Waals surface area contributed by atoms with E-state index in [-0.39, 0.29) is 6.42 Å². The van der Waals surface area contributed by atoms with E-state index in [2.05, 4.69) is 0 Å². The molecule has 1 aliphatic rings. The van der Waals surface area contributed by atoms with Gasteiger partial charge in [-0.2, -0.15) is 0 Å². The highest BCUT2D eigenvalue weighted by Gasteiger charge is 2.48. The van der Waals surface area contributed by atoms with Gasteiger partial charge in [0, 0.05) is 0 Å². The van der Waals surface area contributed by atoms with Gasteiger partial charge in [-0.15, -0.1) is 0 Å². The van der Waals surface area contributed by atoms with E-state index >= 15 is 0 Å². The molecule has 1 fully saturated rings. The molecular weight excluding hydrogens is 306 g/mol. The van der Waals surface area contributed by atoms with Crippen LogP contribution in [0.25, 0.3) is 0 Å². The zero-order chi connectivity index (χ0) is 17.9. The van der Waals surface area contributed by atoms with Gasteiger partial charge in [-0.3, -0.25) is 10.0 Å². The number of rotatable bonds is 4. The van der Waals surface area contributed by atoms with Gasteiger partial charge in [-0.25, -0.2) is 9.86 Å². The van der Waals surface area contributed by atoms with E-state index in [0.29, 0.717) is 17.9 Å². The van der Waals surface area contributed by atoms with Crippen molar-refractivity contribution in [3.8, 4) is 0 Å². The SMILES string of the molecule is COC(=O)C1(N(O)C(=O)Cc2c(C)cc(C)cc2C)CCCCC1. The molecule has 2 rings (SSSR count). The lowest BCUT2D eigenvalue weighted by Gasteiger charge is -2.39. The van der Waals surface area contributed by atoms with Crippen LogP contribution in [0.1, 0.15) is 54.4 Å². The summed E-state index contributed by atoms with van der Waals surface area (Å²) in [6, 6.07) is 4.04. The molecule has 5 nitrogen and oxygen atoms in total. The Labute approximate surface area is 143 Å². The van der Waals surface area contributed by atoms with Crippen LogP contribution in [0.3, 0.4) is 0 Å². The third-order valence-corrected chi connectivity index (χ3v) is 5.06. The lowest BCUT2D eigenvalue weighted by molar-refractivity contribution is -0.211. The van der Waals surface area contributed by atoms with Crippen LogP contribution in [0.15, 0.2) is 12.1 Å². The van der Waals surface area contributed by atoms with Crippen molar-refractivity contribution in [3.05, 3.63) is 34.4 Å². The zero-order valence-electron chi connectivity index (χ0n) is 15.0. The fourth-order valence-electron chi connectivity index (χ4n) is 3.78. The molecule has 0 unspecified atom stereocenters. The molecule has 0 radical (unpaired) electrons. The molecule has 0 aliphatic heterocycles. The maximum Gasteiger partial charge on any atom is 0.334 e. The summed E-state index contributed by atoms with van der Waals surface area (Å²) in [4.78, 5) is 25.0. The number of hydroxylamine groups is 2. The van der Waals surface area contributed by atoms with Crippen LogP contribution in [-0.2, 0) is 20.7 Å². The molecule has 1 N–H and O–H groups in total. The highest BCUT2D eigenvalue weighted by molar-refractivity contribution is 5.88. The predicted octanol–water partition coefficient (Wildman–Crippen LogP) is 3.25. The monoisotopic (exact) mass is 333 g/mol. The van der Waals surface area contributed by atoms with Crippen LogP contribution in [0.5, 0.6) is 0 Å². The summed E-state index contributed by atoms with van der Waals surface area (Å²) < 4.78 is 4.88. The molecular formula is C19H27NO4. The van der Waals surface area contributed by atoms with Crippen LogP contribution >= 0.6 is 0 Å². The van der Waals surface area contributed by atoms with Crippen LogP contribution in [0, 0.1) is 20.8 Å². The van der Waals surface area contributed by atoms with Gasteiger partial charge in [-0.1, -0.05) is 37.0 Å². The minimum absolute atomic E-state index is 0.0766. The van der Waals surface area contributed by atoms with E-state index in [1.165, 1.54) is 7.11 Å². The second-order valence-corrected chi connectivity index (χ2v) is 6.84. The normalized spacial score (nSPS) is 16.5. The second kappa shape index (κ2) is 7.34. The molecule has 0 spiro atoms. The van der Waals surface area contributed by atoms with Crippen molar-refractivity contribution >= 4 is 11.9 Å². The summed E-state index contributed by atoms with van der Waals surface area (Å²) in [6.07, 6.45) is 3.54. The number of esters is 1. The Morgan fingerprint density at radius 2 is 1.67 bits per heavy atom. The fraction of sp³-hybridized carbons (Fsp3) is 0.579. The lowest BCUT2D eigenvalue weighted by atomic mass is 9.81. The summed E-state index contributed by atoms with van der Waals surface area (Å²) >= 11 is 0. The Balaban J connectivity index is 2.26. The van der Waals surface area contributed by atoms with Crippen molar-refractivity contribution in [2.75, 3.05) is 7.11 Å². The molecule has 0 saturated heterocycles. The number of benzene rings is 1. The van der Waals surface area contributed by atoms with Crippen molar-refractivity contribution in [2.24, 2.45) is 0 Å². The zero-order valence-corrected chi connectivity index (χ0v) is 15.0. The highest BCUT2D eigenvalue weighted by Crippen LogP contribution is 2.34. The average molecular weight is 333 g/mol. The molecule has 24 heavy (non-hydrogen) atoms. The Hall–Kier alpha value is -1.88. The van der Waals surface area contributed by atoms with E-state index in [9.17, 15) is 14.8 Å². The van der Waals surface area contributed by atoms with E-state index in [4.69, 9.17) is 4.74 Å². The molecule has 0 bridgehead atoms. The number of nitrogens with zero attached hydrogens (tertiary/aromatic N) is 1. The quantitative estimate of drug-likeness (QED) is 0.522. The third kappa shape index (κ3) is 3.46. The minimum atomic E-state index is -1.24. The largest absolute Gasteiger partial charge is 0.467 e. The van der Waals surface area contributed by atoms with Crippen LogP contribution in [0.4, 0.5) is 0 Å². The molecule has 0 heterocycles. The number of carbonyl (C=O) groups excluding carboxylic acids is 2. The molecule has 1 aliphatic carbocycles. The number of hydrogen-bond donors (Lipinski definition) is 1. The number of aryl methyl sites for hydroxylation is 3. The number of methoxy groups -OCH3 is 1. The summed E-state index contributed by atoms with van der Waals surface area (Å²) in [5.74, 6) is -0.993. The smallest absolute Gasteiger partial charge is 0.334 e. The molecule has 5 heteroatoms. The predicted molar refractivity (Wildman–Crippen MR) is 90.8 cm³/mol. The van der Waals surface area contributed by atoms with Gasteiger partial charge in [0.1, 0.15) is 0 Å². The first-order chi connectivity index (χ1) is 11.3. The molecule has 1 aromatic rings. The first-order valence-electron chi connectivity index (χ1n) is 8.49. The number of hydrogen-bond acceptors (Lipinski definition) is 4. The van der Waals surface area contributed by atoms with Gasteiger partial charge >= 0.3 is 5.97 Å². The minimum Gasteiger partial charge on any atom is -0.467 e. The molecule has 1 saturated carbocycles. The number of ether oxygens (including phenoxy) is 1. The molecule has 0 aromatic heterocycles. The van der Waals surface area contributed by atoms with Crippen LogP contribution in [0.2, 0.25) is 0 Å². The van der Waals surface area contributed by atoms with Gasteiger partial charge in [0.25, 0.3) is 5.91 Å². The summed E-state index contributed by atoms with van der Waals surface area (Å²) in [5, 5.41) is 11.2. The van der Waals surface area contributed by atoms with Crippen LogP contribution in [-0.4, -0.2) is 34.8 Å². The first-order valence-corrected chi connectivity index (χ1v) is 8.49. The fourth-order valence-corrected chi connectivity index (χ4v) is 3.78. The Kier molecular flexibility index (Phi) is 5.65. The van der Waals surface area contributed by atoms with Crippen molar-refractivity contribution in [1.82, 2.24) is 5.06 Å². The standard InChI is InChI=1S/C19H27NO4/c1-13-10-14(2)16(15(3)11-13)12-17(21)20(23)19(18(22)24-4)8-6-5-7-9-19/h10-11,23H,5-9,12H2,1-4H3. The summed E-state index contributed by atoms with van der Waals surface area (Å²) in [7, 11) is 1.30. The first kappa shape index (κ1) is 18.5.